The summed E-state index contributed by atoms with van der Waals surface area (Å²) >= 11 is 0. The second kappa shape index (κ2) is 21.0. The van der Waals surface area contributed by atoms with Crippen LogP contribution < -0.4 is 21.3 Å². The standard InChI is InChI=1S/C12H24N2.C11H22N2O.C8H17N.C7H16N2/c1-11(2)14-9-5-12(6-10-14)3-7-13-8-4-12;1-10(2)13-7-8-14-11(9-13)3-5-12-6-4-11;1-7(2)8-3-5-9-6-4-8;1-7(2)9-5-3-8-4-6-9/h11,13H,3-10H2,1-2H3;10,12H,3-9H2,1-2H3;7-9H,3-6H2,1-2H3;7-8H,3-6H2,1-2H3. The van der Waals surface area contributed by atoms with Gasteiger partial charge in [0.2, 0.25) is 0 Å². The third kappa shape index (κ3) is 13.9. The van der Waals surface area contributed by atoms with E-state index >= 15 is 0 Å². The summed E-state index contributed by atoms with van der Waals surface area (Å²) < 4.78 is 6.01. The van der Waals surface area contributed by atoms with Crippen molar-refractivity contribution in [3.05, 3.63) is 0 Å². The number of nitrogens with zero attached hydrogens (tertiary/aromatic N) is 3. The van der Waals surface area contributed by atoms with Crippen molar-refractivity contribution >= 4 is 0 Å². The maximum absolute atomic E-state index is 6.01. The van der Waals surface area contributed by atoms with Crippen molar-refractivity contribution in [2.24, 2.45) is 17.3 Å². The molecule has 6 rings (SSSR count). The zero-order valence-electron chi connectivity index (χ0n) is 31.9. The lowest BCUT2D eigenvalue weighted by atomic mass is 9.71. The number of piperazine rings is 1. The summed E-state index contributed by atoms with van der Waals surface area (Å²) in [5.41, 5.74) is 0.893. The maximum atomic E-state index is 6.01. The van der Waals surface area contributed by atoms with E-state index in [0.29, 0.717) is 6.04 Å². The zero-order valence-corrected chi connectivity index (χ0v) is 31.9. The lowest BCUT2D eigenvalue weighted by Gasteiger charge is -2.46. The lowest BCUT2D eigenvalue weighted by Crippen LogP contribution is -2.57. The molecule has 6 heterocycles. The Balaban J connectivity index is 0.000000171. The van der Waals surface area contributed by atoms with Crippen molar-refractivity contribution in [2.75, 3.05) is 98.2 Å². The SMILES string of the molecule is CC(C)C1CCNCC1.CC(C)N1CCC2(CCNCC2)CC1.CC(C)N1CCNCC1.CC(C)N1CCOC2(CCNCC2)C1. The Kier molecular flexibility index (Phi) is 18.3. The summed E-state index contributed by atoms with van der Waals surface area (Å²) in [6, 6.07) is 2.13. The fourth-order valence-corrected chi connectivity index (χ4v) is 8.18. The van der Waals surface area contributed by atoms with Gasteiger partial charge in [-0.2, -0.15) is 0 Å². The van der Waals surface area contributed by atoms with Gasteiger partial charge in [0.25, 0.3) is 0 Å². The number of hydrogen-bond donors (Lipinski definition) is 4. The molecule has 272 valence electrons. The molecule has 0 aromatic heterocycles. The Bertz CT molecular complexity index is 730. The summed E-state index contributed by atoms with van der Waals surface area (Å²) in [4.78, 5) is 7.68. The summed E-state index contributed by atoms with van der Waals surface area (Å²) in [6.45, 7) is 36.2. The van der Waals surface area contributed by atoms with Crippen LogP contribution in [-0.4, -0.2) is 137 Å². The quantitative estimate of drug-likeness (QED) is 0.351. The van der Waals surface area contributed by atoms with Crippen LogP contribution in [0.2, 0.25) is 0 Å². The molecule has 6 saturated heterocycles. The van der Waals surface area contributed by atoms with Crippen molar-refractivity contribution in [2.45, 2.75) is 130 Å². The molecule has 0 unspecified atom stereocenters. The minimum atomic E-state index is 0.174. The number of ether oxygens (including phenoxy) is 1. The smallest absolute Gasteiger partial charge is 0.0833 e. The lowest BCUT2D eigenvalue weighted by molar-refractivity contribution is -0.129. The van der Waals surface area contributed by atoms with E-state index in [9.17, 15) is 0 Å². The molecular weight excluding hydrogens is 570 g/mol. The van der Waals surface area contributed by atoms with Gasteiger partial charge in [0.15, 0.2) is 0 Å². The predicted molar refractivity (Wildman–Crippen MR) is 198 cm³/mol. The average molecular weight is 650 g/mol. The van der Waals surface area contributed by atoms with E-state index in [1.807, 2.05) is 0 Å². The minimum Gasteiger partial charge on any atom is -0.372 e. The van der Waals surface area contributed by atoms with Crippen LogP contribution in [0.5, 0.6) is 0 Å². The molecule has 0 aromatic rings. The van der Waals surface area contributed by atoms with Crippen LogP contribution in [0.1, 0.15) is 107 Å². The highest BCUT2D eigenvalue weighted by Gasteiger charge is 2.38. The molecule has 2 spiro atoms. The number of piperidine rings is 4. The van der Waals surface area contributed by atoms with Crippen molar-refractivity contribution < 1.29 is 4.74 Å². The fourth-order valence-electron chi connectivity index (χ4n) is 8.18. The molecule has 4 N–H and O–H groups in total. The summed E-state index contributed by atoms with van der Waals surface area (Å²) in [5, 5.41) is 13.6. The topological polar surface area (TPSA) is 67.1 Å². The molecule has 6 aliphatic rings. The Morgan fingerprint density at radius 3 is 1.41 bits per heavy atom. The van der Waals surface area contributed by atoms with Crippen molar-refractivity contribution in [3.8, 4) is 0 Å². The summed E-state index contributed by atoms with van der Waals surface area (Å²) in [6.07, 6.45) is 10.8. The Labute approximate surface area is 286 Å². The molecule has 0 aliphatic carbocycles. The Hall–Kier alpha value is -0.320. The highest BCUT2D eigenvalue weighted by atomic mass is 16.5. The second-order valence-corrected chi connectivity index (χ2v) is 16.4. The van der Waals surface area contributed by atoms with E-state index in [-0.39, 0.29) is 5.60 Å². The average Bonchev–Trinajstić information content (AvgIpc) is 3.07. The number of hydrogen-bond acceptors (Lipinski definition) is 8. The van der Waals surface area contributed by atoms with E-state index in [4.69, 9.17) is 4.74 Å². The first-order valence-corrected chi connectivity index (χ1v) is 19.7. The Morgan fingerprint density at radius 1 is 0.500 bits per heavy atom. The highest BCUT2D eigenvalue weighted by molar-refractivity contribution is 4.93. The van der Waals surface area contributed by atoms with E-state index < -0.39 is 0 Å². The molecule has 8 nitrogen and oxygen atoms in total. The molecule has 6 fully saturated rings. The number of morpholine rings is 1. The van der Waals surface area contributed by atoms with Crippen LogP contribution in [0.25, 0.3) is 0 Å². The van der Waals surface area contributed by atoms with Gasteiger partial charge in [0, 0.05) is 57.4 Å². The van der Waals surface area contributed by atoms with Gasteiger partial charge in [-0.3, -0.25) is 9.80 Å². The van der Waals surface area contributed by atoms with Gasteiger partial charge in [-0.05, 0) is 163 Å². The zero-order chi connectivity index (χ0) is 33.4. The van der Waals surface area contributed by atoms with Crippen LogP contribution in [0.4, 0.5) is 0 Å². The van der Waals surface area contributed by atoms with Crippen LogP contribution in [0, 0.1) is 17.3 Å². The molecule has 0 amide bonds. The predicted octanol–water partition coefficient (Wildman–Crippen LogP) is 4.65. The molecule has 0 saturated carbocycles. The second-order valence-electron chi connectivity index (χ2n) is 16.4. The number of likely N-dealkylation sites (tertiary alicyclic amines) is 1. The summed E-state index contributed by atoms with van der Waals surface area (Å²) in [5.74, 6) is 1.89. The Morgan fingerprint density at radius 2 is 0.957 bits per heavy atom. The number of nitrogens with one attached hydrogen (secondary N) is 4. The normalized spacial score (nSPS) is 26.3. The fraction of sp³-hybridized carbons (Fsp3) is 1.00. The van der Waals surface area contributed by atoms with Gasteiger partial charge in [-0.1, -0.05) is 13.8 Å². The number of rotatable bonds is 4. The van der Waals surface area contributed by atoms with E-state index in [2.05, 4.69) is 91.4 Å². The van der Waals surface area contributed by atoms with E-state index in [1.54, 1.807) is 0 Å². The van der Waals surface area contributed by atoms with Gasteiger partial charge >= 0.3 is 0 Å². The van der Waals surface area contributed by atoms with E-state index in [1.165, 1.54) is 104 Å². The van der Waals surface area contributed by atoms with Crippen LogP contribution >= 0.6 is 0 Å². The monoisotopic (exact) mass is 650 g/mol. The van der Waals surface area contributed by atoms with Gasteiger partial charge in [0.1, 0.15) is 0 Å². The molecule has 0 atom stereocenters. The van der Waals surface area contributed by atoms with Crippen molar-refractivity contribution in [1.82, 2.24) is 36.0 Å². The molecule has 0 bridgehead atoms. The third-order valence-corrected chi connectivity index (χ3v) is 12.0. The van der Waals surface area contributed by atoms with Gasteiger partial charge < -0.3 is 30.9 Å². The van der Waals surface area contributed by atoms with Gasteiger partial charge in [-0.25, -0.2) is 0 Å². The molecular formula is C38H79N7O. The first kappa shape index (κ1) is 40.1. The molecule has 8 heteroatoms. The molecule has 0 aromatic carbocycles. The molecule has 0 radical (unpaired) electrons. The van der Waals surface area contributed by atoms with Gasteiger partial charge in [-0.15, -0.1) is 0 Å². The van der Waals surface area contributed by atoms with Crippen molar-refractivity contribution in [1.29, 1.82) is 0 Å². The third-order valence-electron chi connectivity index (χ3n) is 12.0. The first-order chi connectivity index (χ1) is 22.0. The largest absolute Gasteiger partial charge is 0.372 e. The molecule has 6 aliphatic heterocycles. The van der Waals surface area contributed by atoms with Gasteiger partial charge in [0.05, 0.1) is 12.2 Å². The minimum absolute atomic E-state index is 0.174. The van der Waals surface area contributed by atoms with Crippen molar-refractivity contribution in [3.63, 3.8) is 0 Å². The van der Waals surface area contributed by atoms with E-state index in [0.717, 1.165) is 75.2 Å². The first-order valence-electron chi connectivity index (χ1n) is 19.7. The summed E-state index contributed by atoms with van der Waals surface area (Å²) in [7, 11) is 0. The maximum Gasteiger partial charge on any atom is 0.0833 e. The van der Waals surface area contributed by atoms with Crippen LogP contribution in [-0.2, 0) is 4.74 Å². The van der Waals surface area contributed by atoms with Crippen LogP contribution in [0.15, 0.2) is 0 Å². The molecule has 46 heavy (non-hydrogen) atoms. The van der Waals surface area contributed by atoms with Crippen LogP contribution in [0.3, 0.4) is 0 Å². The highest BCUT2D eigenvalue weighted by Crippen LogP contribution is 2.39.